The van der Waals surface area contributed by atoms with Crippen LogP contribution in [0.3, 0.4) is 0 Å². The van der Waals surface area contributed by atoms with Crippen LogP contribution < -0.4 is 15.4 Å². The average Bonchev–Trinajstić information content (AvgIpc) is 2.58. The lowest BCUT2D eigenvalue weighted by Gasteiger charge is -2.17. The maximum absolute atomic E-state index is 12.2. The summed E-state index contributed by atoms with van der Waals surface area (Å²) in [6.07, 6.45) is 3.40. The fraction of sp³-hybridized carbons (Fsp3) is 0.294. The fourth-order valence-electron chi connectivity index (χ4n) is 2.05. The van der Waals surface area contributed by atoms with Gasteiger partial charge in [-0.25, -0.2) is 4.79 Å². The first-order valence-corrected chi connectivity index (χ1v) is 7.87. The molecule has 0 saturated heterocycles. The van der Waals surface area contributed by atoms with Crippen molar-refractivity contribution in [1.82, 2.24) is 10.3 Å². The summed E-state index contributed by atoms with van der Waals surface area (Å²) in [5.41, 5.74) is 1.41. The molecule has 0 spiro atoms. The molecule has 1 atom stereocenters. The van der Waals surface area contributed by atoms with E-state index in [1.807, 2.05) is 19.1 Å². The predicted octanol–water partition coefficient (Wildman–Crippen LogP) is 3.64. The number of para-hydroxylation sites is 1. The summed E-state index contributed by atoms with van der Waals surface area (Å²) in [6, 6.07) is 8.35. The lowest BCUT2D eigenvalue weighted by atomic mass is 10.1. The molecule has 0 fully saturated rings. The van der Waals surface area contributed by atoms with Gasteiger partial charge in [-0.05, 0) is 30.7 Å². The molecule has 7 heteroatoms. The number of urea groups is 1. The number of nitrogens with one attached hydrogen (secondary N) is 2. The van der Waals surface area contributed by atoms with Crippen molar-refractivity contribution >= 4 is 23.3 Å². The number of carbonyl (C=O) groups is 1. The van der Waals surface area contributed by atoms with Gasteiger partial charge in [0.2, 0.25) is 0 Å². The standard InChI is InChI=1S/C17H20ClN3O3/c1-12(13-5-4-8-19-11-13)20-17(22)21-15-7-3-6-14(18)16(15)24-10-9-23-2/h3-8,11-12H,9-10H2,1-2H3,(H2,20,21,22)/t12-/m0/s1. The Morgan fingerprint density at radius 2 is 2.12 bits per heavy atom. The molecule has 6 nitrogen and oxygen atoms in total. The normalized spacial score (nSPS) is 11.6. The molecular formula is C17H20ClN3O3. The number of amides is 2. The van der Waals surface area contributed by atoms with Crippen molar-refractivity contribution in [1.29, 1.82) is 0 Å². The Balaban J connectivity index is 2.02. The molecule has 0 saturated carbocycles. The quantitative estimate of drug-likeness (QED) is 0.748. The molecule has 2 aromatic rings. The molecule has 0 unspecified atom stereocenters. The second-order valence-corrected chi connectivity index (χ2v) is 5.47. The van der Waals surface area contributed by atoms with E-state index in [4.69, 9.17) is 21.1 Å². The van der Waals surface area contributed by atoms with Crippen molar-refractivity contribution < 1.29 is 14.3 Å². The maximum atomic E-state index is 12.2. The van der Waals surface area contributed by atoms with Crippen LogP contribution in [0.25, 0.3) is 0 Å². The van der Waals surface area contributed by atoms with Gasteiger partial charge in [0.1, 0.15) is 6.61 Å². The fourth-order valence-corrected chi connectivity index (χ4v) is 2.28. The van der Waals surface area contributed by atoms with Gasteiger partial charge in [0.15, 0.2) is 5.75 Å². The third-order valence-electron chi connectivity index (χ3n) is 3.28. The van der Waals surface area contributed by atoms with Crippen LogP contribution in [0.1, 0.15) is 18.5 Å². The maximum Gasteiger partial charge on any atom is 0.319 e. The van der Waals surface area contributed by atoms with Gasteiger partial charge in [0, 0.05) is 19.5 Å². The minimum absolute atomic E-state index is 0.184. The number of rotatable bonds is 7. The van der Waals surface area contributed by atoms with Gasteiger partial charge in [-0.1, -0.05) is 23.7 Å². The predicted molar refractivity (Wildman–Crippen MR) is 93.6 cm³/mol. The highest BCUT2D eigenvalue weighted by Gasteiger charge is 2.14. The number of aromatic nitrogens is 1. The Bertz CT molecular complexity index is 667. The van der Waals surface area contributed by atoms with Crippen LogP contribution in [0, 0.1) is 0 Å². The molecule has 0 aliphatic rings. The van der Waals surface area contributed by atoms with E-state index in [1.54, 1.807) is 37.7 Å². The van der Waals surface area contributed by atoms with Crippen molar-refractivity contribution in [2.45, 2.75) is 13.0 Å². The SMILES string of the molecule is COCCOc1c(Cl)cccc1NC(=O)N[C@@H](C)c1cccnc1. The molecule has 1 aromatic carbocycles. The van der Waals surface area contributed by atoms with Gasteiger partial charge < -0.3 is 20.1 Å². The monoisotopic (exact) mass is 349 g/mol. The number of anilines is 1. The molecule has 0 aliphatic heterocycles. The van der Waals surface area contributed by atoms with E-state index in [0.29, 0.717) is 29.7 Å². The van der Waals surface area contributed by atoms with Crippen LogP contribution in [0.15, 0.2) is 42.7 Å². The number of ether oxygens (including phenoxy) is 2. The minimum Gasteiger partial charge on any atom is -0.487 e. The molecule has 2 N–H and O–H groups in total. The van der Waals surface area contributed by atoms with Gasteiger partial charge in [-0.2, -0.15) is 0 Å². The summed E-state index contributed by atoms with van der Waals surface area (Å²) >= 11 is 6.15. The molecular weight excluding hydrogens is 330 g/mol. The zero-order valence-corrected chi connectivity index (χ0v) is 14.3. The van der Waals surface area contributed by atoms with Crippen LogP contribution in [-0.4, -0.2) is 31.3 Å². The number of halogens is 1. The Morgan fingerprint density at radius 1 is 1.29 bits per heavy atom. The van der Waals surface area contributed by atoms with Crippen LogP contribution in [-0.2, 0) is 4.74 Å². The number of hydrogen-bond acceptors (Lipinski definition) is 4. The number of pyridine rings is 1. The first-order chi connectivity index (χ1) is 11.6. The first kappa shape index (κ1) is 18.0. The Kier molecular flexibility index (Phi) is 6.84. The number of hydrogen-bond donors (Lipinski definition) is 2. The zero-order chi connectivity index (χ0) is 17.4. The highest BCUT2D eigenvalue weighted by molar-refractivity contribution is 6.32. The van der Waals surface area contributed by atoms with E-state index < -0.39 is 0 Å². The molecule has 0 bridgehead atoms. The molecule has 0 aliphatic carbocycles. The van der Waals surface area contributed by atoms with E-state index in [-0.39, 0.29) is 12.1 Å². The molecule has 1 heterocycles. The average molecular weight is 350 g/mol. The Hall–Kier alpha value is -2.31. The molecule has 128 valence electrons. The number of carbonyl (C=O) groups excluding carboxylic acids is 1. The molecule has 2 amide bonds. The van der Waals surface area contributed by atoms with Crippen LogP contribution >= 0.6 is 11.6 Å². The highest BCUT2D eigenvalue weighted by Crippen LogP contribution is 2.32. The molecule has 2 rings (SSSR count). The second-order valence-electron chi connectivity index (χ2n) is 5.06. The zero-order valence-electron chi connectivity index (χ0n) is 13.6. The van der Waals surface area contributed by atoms with E-state index >= 15 is 0 Å². The molecule has 24 heavy (non-hydrogen) atoms. The van der Waals surface area contributed by atoms with Crippen LogP contribution in [0.4, 0.5) is 10.5 Å². The van der Waals surface area contributed by atoms with Gasteiger partial charge in [-0.15, -0.1) is 0 Å². The topological polar surface area (TPSA) is 72.5 Å². The van der Waals surface area contributed by atoms with Gasteiger partial charge in [0.05, 0.1) is 23.4 Å². The third kappa shape index (κ3) is 5.11. The summed E-state index contributed by atoms with van der Waals surface area (Å²) in [5.74, 6) is 0.417. The molecule has 1 aromatic heterocycles. The Morgan fingerprint density at radius 3 is 2.83 bits per heavy atom. The van der Waals surface area contributed by atoms with Gasteiger partial charge in [-0.3, -0.25) is 4.98 Å². The van der Waals surface area contributed by atoms with Crippen molar-refractivity contribution in [2.75, 3.05) is 25.6 Å². The van der Waals surface area contributed by atoms with Crippen molar-refractivity contribution in [3.05, 3.63) is 53.3 Å². The first-order valence-electron chi connectivity index (χ1n) is 7.49. The van der Waals surface area contributed by atoms with E-state index in [1.165, 1.54) is 0 Å². The van der Waals surface area contributed by atoms with Crippen LogP contribution in [0.2, 0.25) is 5.02 Å². The van der Waals surface area contributed by atoms with E-state index in [9.17, 15) is 4.79 Å². The highest BCUT2D eigenvalue weighted by atomic mass is 35.5. The lowest BCUT2D eigenvalue weighted by molar-refractivity contribution is 0.146. The smallest absolute Gasteiger partial charge is 0.319 e. The minimum atomic E-state index is -0.356. The summed E-state index contributed by atoms with van der Waals surface area (Å²) in [5, 5.41) is 6.02. The number of nitrogens with zero attached hydrogens (tertiary/aromatic N) is 1. The second kappa shape index (κ2) is 9.10. The number of benzene rings is 1. The van der Waals surface area contributed by atoms with Gasteiger partial charge in [0.25, 0.3) is 0 Å². The number of methoxy groups -OCH3 is 1. The summed E-state index contributed by atoms with van der Waals surface area (Å²) in [4.78, 5) is 16.3. The molecule has 0 radical (unpaired) electrons. The largest absolute Gasteiger partial charge is 0.487 e. The lowest BCUT2D eigenvalue weighted by Crippen LogP contribution is -2.31. The van der Waals surface area contributed by atoms with Gasteiger partial charge >= 0.3 is 6.03 Å². The third-order valence-corrected chi connectivity index (χ3v) is 3.58. The summed E-state index contributed by atoms with van der Waals surface area (Å²) < 4.78 is 10.5. The van der Waals surface area contributed by atoms with Crippen molar-refractivity contribution in [3.63, 3.8) is 0 Å². The summed E-state index contributed by atoms with van der Waals surface area (Å²) in [7, 11) is 1.59. The van der Waals surface area contributed by atoms with Crippen LogP contribution in [0.5, 0.6) is 5.75 Å². The van der Waals surface area contributed by atoms with E-state index in [2.05, 4.69) is 15.6 Å². The van der Waals surface area contributed by atoms with Crippen molar-refractivity contribution in [3.8, 4) is 5.75 Å². The van der Waals surface area contributed by atoms with Crippen molar-refractivity contribution in [2.24, 2.45) is 0 Å². The Labute approximate surface area is 146 Å². The summed E-state index contributed by atoms with van der Waals surface area (Å²) in [6.45, 7) is 2.64. The van der Waals surface area contributed by atoms with E-state index in [0.717, 1.165) is 5.56 Å².